The van der Waals surface area contributed by atoms with Gasteiger partial charge in [-0.1, -0.05) is 6.07 Å². The number of hydrogen-bond donors (Lipinski definition) is 1. The molecule has 0 atom stereocenters. The second-order valence-corrected chi connectivity index (χ2v) is 4.29. The third-order valence-corrected chi connectivity index (χ3v) is 2.64. The quantitative estimate of drug-likeness (QED) is 0.852. The molecule has 0 fully saturated rings. The number of carbonyl (C=O) groups excluding carboxylic acids is 2. The monoisotopic (exact) mass is 295 g/mol. The molecular weight excluding hydrogens is 281 g/mol. The summed E-state index contributed by atoms with van der Waals surface area (Å²) in [6.45, 7) is 1.71. The average Bonchev–Trinajstić information content (AvgIpc) is 2.49. The number of amides is 1. The minimum atomic E-state index is -0.792. The van der Waals surface area contributed by atoms with Gasteiger partial charge < -0.3 is 19.5 Å². The van der Waals surface area contributed by atoms with Crippen molar-refractivity contribution in [3.63, 3.8) is 0 Å². The third-order valence-electron chi connectivity index (χ3n) is 2.64. The van der Waals surface area contributed by atoms with Crippen LogP contribution in [0.3, 0.4) is 0 Å². The molecule has 0 aliphatic carbocycles. The molecule has 0 spiro atoms. The molecule has 112 valence electrons. The minimum Gasteiger partial charge on any atom is -0.493 e. The van der Waals surface area contributed by atoms with E-state index in [9.17, 15) is 14.0 Å². The van der Waals surface area contributed by atoms with E-state index in [1.54, 1.807) is 13.0 Å². The Balaban J connectivity index is 1.83. The molecule has 1 amide bonds. The number of esters is 1. The van der Waals surface area contributed by atoms with E-state index < -0.39 is 24.3 Å². The van der Waals surface area contributed by atoms with E-state index in [1.807, 2.05) is 0 Å². The highest BCUT2D eigenvalue weighted by Gasteiger charge is 2.18. The number of hydrogen-bond acceptors (Lipinski definition) is 5. The number of benzene rings is 1. The molecule has 1 aliphatic rings. The Kier molecular flexibility index (Phi) is 4.76. The average molecular weight is 295 g/mol. The summed E-state index contributed by atoms with van der Waals surface area (Å²) in [6, 6.07) is 4.28. The van der Waals surface area contributed by atoms with Crippen LogP contribution in [0.5, 0.6) is 0 Å². The molecule has 1 aromatic rings. The van der Waals surface area contributed by atoms with Gasteiger partial charge in [0.25, 0.3) is 5.91 Å². The summed E-state index contributed by atoms with van der Waals surface area (Å²) < 4.78 is 28.0. The van der Waals surface area contributed by atoms with E-state index in [2.05, 4.69) is 5.32 Å². The predicted molar refractivity (Wildman–Crippen MR) is 70.7 cm³/mol. The van der Waals surface area contributed by atoms with E-state index in [1.165, 1.54) is 12.1 Å². The Morgan fingerprint density at radius 1 is 1.38 bits per heavy atom. The van der Waals surface area contributed by atoms with Crippen molar-refractivity contribution in [2.45, 2.75) is 6.92 Å². The van der Waals surface area contributed by atoms with Crippen molar-refractivity contribution in [1.82, 2.24) is 0 Å². The highest BCUT2D eigenvalue weighted by molar-refractivity contribution is 5.94. The number of anilines is 1. The Hall–Kier alpha value is -2.57. The fourth-order valence-electron chi connectivity index (χ4n) is 1.55. The first kappa shape index (κ1) is 14.8. The number of nitrogens with one attached hydrogen (secondary N) is 1. The number of aryl methyl sites for hydroxylation is 1. The molecule has 0 saturated heterocycles. The Morgan fingerprint density at radius 2 is 2.19 bits per heavy atom. The lowest BCUT2D eigenvalue weighted by molar-refractivity contribution is -0.148. The number of rotatable bonds is 4. The zero-order chi connectivity index (χ0) is 15.2. The molecular formula is C14H14FNO5. The van der Waals surface area contributed by atoms with E-state index in [-0.39, 0.29) is 18.1 Å². The lowest BCUT2D eigenvalue weighted by atomic mass is 10.2. The molecule has 0 aromatic heterocycles. The Labute approximate surface area is 120 Å². The largest absolute Gasteiger partial charge is 0.493 e. The highest BCUT2D eigenvalue weighted by Crippen LogP contribution is 2.13. The first-order valence-electron chi connectivity index (χ1n) is 6.24. The molecule has 1 N–H and O–H groups in total. The number of carbonyl (C=O) groups is 2. The van der Waals surface area contributed by atoms with Gasteiger partial charge in [-0.2, -0.15) is 0 Å². The fourth-order valence-corrected chi connectivity index (χ4v) is 1.55. The standard InChI is InChI=1S/C14H14FNO5/c1-9-2-3-10(6-11(9)15)16-13(17)8-21-14(18)12-7-19-4-5-20-12/h2-3,6-7H,4-5,8H2,1H3,(H,16,17). The van der Waals surface area contributed by atoms with Crippen LogP contribution in [0, 0.1) is 12.7 Å². The minimum absolute atomic E-state index is 0.0876. The van der Waals surface area contributed by atoms with Gasteiger partial charge in [-0.05, 0) is 24.6 Å². The molecule has 0 saturated carbocycles. The van der Waals surface area contributed by atoms with Crippen LogP contribution in [0.15, 0.2) is 30.2 Å². The summed E-state index contributed by atoms with van der Waals surface area (Å²) in [5.74, 6) is -1.89. The zero-order valence-corrected chi connectivity index (χ0v) is 11.3. The van der Waals surface area contributed by atoms with Gasteiger partial charge in [-0.3, -0.25) is 4.79 Å². The van der Waals surface area contributed by atoms with Gasteiger partial charge in [-0.25, -0.2) is 9.18 Å². The molecule has 6 nitrogen and oxygen atoms in total. The van der Waals surface area contributed by atoms with Crippen LogP contribution in [-0.4, -0.2) is 31.7 Å². The van der Waals surface area contributed by atoms with Gasteiger partial charge in [0.15, 0.2) is 6.61 Å². The summed E-state index contributed by atoms with van der Waals surface area (Å²) in [4.78, 5) is 23.1. The second kappa shape index (κ2) is 6.74. The van der Waals surface area contributed by atoms with Crippen molar-refractivity contribution < 1.29 is 28.2 Å². The van der Waals surface area contributed by atoms with Crippen LogP contribution in [0.25, 0.3) is 0 Å². The normalized spacial score (nSPS) is 13.5. The lowest BCUT2D eigenvalue weighted by Gasteiger charge is -2.14. The van der Waals surface area contributed by atoms with Gasteiger partial charge in [0.2, 0.25) is 5.76 Å². The first-order chi connectivity index (χ1) is 10.1. The van der Waals surface area contributed by atoms with Crippen molar-refractivity contribution in [2.75, 3.05) is 25.1 Å². The first-order valence-corrected chi connectivity index (χ1v) is 6.24. The van der Waals surface area contributed by atoms with Crippen LogP contribution in [0.1, 0.15) is 5.56 Å². The zero-order valence-electron chi connectivity index (χ0n) is 11.3. The number of halogens is 1. The molecule has 1 heterocycles. The van der Waals surface area contributed by atoms with E-state index in [4.69, 9.17) is 14.2 Å². The SMILES string of the molecule is Cc1ccc(NC(=O)COC(=O)C2=COCCO2)cc1F. The molecule has 21 heavy (non-hydrogen) atoms. The maximum atomic E-state index is 13.3. The van der Waals surface area contributed by atoms with Gasteiger partial charge >= 0.3 is 5.97 Å². The van der Waals surface area contributed by atoms with Crippen molar-refractivity contribution in [3.05, 3.63) is 41.6 Å². The van der Waals surface area contributed by atoms with E-state index >= 15 is 0 Å². The summed E-state index contributed by atoms with van der Waals surface area (Å²) in [5, 5.41) is 2.42. The molecule has 1 aliphatic heterocycles. The van der Waals surface area contributed by atoms with E-state index in [0.717, 1.165) is 6.26 Å². The molecule has 1 aromatic carbocycles. The fraction of sp³-hybridized carbons (Fsp3) is 0.286. The van der Waals surface area contributed by atoms with Crippen LogP contribution >= 0.6 is 0 Å². The van der Waals surface area contributed by atoms with Gasteiger partial charge in [-0.15, -0.1) is 0 Å². The van der Waals surface area contributed by atoms with Crippen LogP contribution in [-0.2, 0) is 23.8 Å². The molecule has 7 heteroatoms. The molecule has 0 unspecified atom stereocenters. The number of ether oxygens (including phenoxy) is 3. The van der Waals surface area contributed by atoms with Crippen LogP contribution in [0.2, 0.25) is 0 Å². The van der Waals surface area contributed by atoms with Crippen molar-refractivity contribution >= 4 is 17.6 Å². The maximum absolute atomic E-state index is 13.3. The Morgan fingerprint density at radius 3 is 2.86 bits per heavy atom. The predicted octanol–water partition coefficient (Wildman–Crippen LogP) is 1.50. The van der Waals surface area contributed by atoms with Crippen LogP contribution in [0.4, 0.5) is 10.1 Å². The van der Waals surface area contributed by atoms with Crippen molar-refractivity contribution in [1.29, 1.82) is 0 Å². The van der Waals surface area contributed by atoms with Gasteiger partial charge in [0.05, 0.1) is 0 Å². The second-order valence-electron chi connectivity index (χ2n) is 4.29. The van der Waals surface area contributed by atoms with Crippen LogP contribution < -0.4 is 5.32 Å². The Bertz CT molecular complexity index is 585. The molecule has 2 rings (SSSR count). The van der Waals surface area contributed by atoms with Gasteiger partial charge in [0.1, 0.15) is 25.3 Å². The van der Waals surface area contributed by atoms with Gasteiger partial charge in [0, 0.05) is 5.69 Å². The molecule has 0 radical (unpaired) electrons. The van der Waals surface area contributed by atoms with E-state index in [0.29, 0.717) is 12.2 Å². The maximum Gasteiger partial charge on any atom is 0.377 e. The van der Waals surface area contributed by atoms with Crippen molar-refractivity contribution in [2.24, 2.45) is 0 Å². The summed E-state index contributed by atoms with van der Waals surface area (Å²) in [7, 11) is 0. The summed E-state index contributed by atoms with van der Waals surface area (Å²) in [5.41, 5.74) is 0.761. The smallest absolute Gasteiger partial charge is 0.377 e. The molecule has 0 bridgehead atoms. The third kappa shape index (κ3) is 4.20. The summed E-state index contributed by atoms with van der Waals surface area (Å²) >= 11 is 0. The van der Waals surface area contributed by atoms with Crippen molar-refractivity contribution in [3.8, 4) is 0 Å². The lowest BCUT2D eigenvalue weighted by Crippen LogP contribution is -2.23. The summed E-state index contributed by atoms with van der Waals surface area (Å²) in [6.07, 6.45) is 1.14. The topological polar surface area (TPSA) is 73.9 Å². The highest BCUT2D eigenvalue weighted by atomic mass is 19.1.